The van der Waals surface area contributed by atoms with Gasteiger partial charge >= 0.3 is 6.18 Å². The summed E-state index contributed by atoms with van der Waals surface area (Å²) in [5, 5.41) is 3.34. The molecule has 0 spiro atoms. The first-order valence-electron chi connectivity index (χ1n) is 11.6. The van der Waals surface area contributed by atoms with E-state index in [-0.39, 0.29) is 52.9 Å². The summed E-state index contributed by atoms with van der Waals surface area (Å²) >= 11 is 6.34. The van der Waals surface area contributed by atoms with E-state index in [0.717, 1.165) is 44.6 Å². The third-order valence-electron chi connectivity index (χ3n) is 7.05. The predicted octanol–water partition coefficient (Wildman–Crippen LogP) is 4.92. The highest BCUT2D eigenvalue weighted by Gasteiger charge is 2.38. The van der Waals surface area contributed by atoms with Gasteiger partial charge in [0.2, 0.25) is 0 Å². The summed E-state index contributed by atoms with van der Waals surface area (Å²) in [5.74, 6) is -0.158. The van der Waals surface area contributed by atoms with Gasteiger partial charge in [-0.25, -0.2) is 0 Å². The molecule has 0 aromatic heterocycles. The molecule has 4 aliphatic rings. The molecule has 11 heteroatoms. The number of benzene rings is 2. The number of halogens is 5. The van der Waals surface area contributed by atoms with Gasteiger partial charge in [0.15, 0.2) is 11.9 Å². The number of rotatable bonds is 4. The zero-order valence-electron chi connectivity index (χ0n) is 19.5. The Morgan fingerprint density at radius 3 is 2.56 bits per heavy atom. The van der Waals surface area contributed by atoms with Crippen LogP contribution in [0.3, 0.4) is 0 Å². The smallest absolute Gasteiger partial charge is 0.416 e. The standard InChI is InChI=1S/C25H25ClF3N3O3.ClH/c1-14-24(34)32(12-15-3-2-4-17(9-15)25(27,28)29)21-11-18(26)10-19(22(21)35-14)23(33)30-20-13-31-7-5-16(20)6-8-31;/h2-4,9-11,14,16,20H,5-8,12-13H2,1H3,(H,30,33);1H. The molecule has 4 heterocycles. The van der Waals surface area contributed by atoms with Crippen LogP contribution in [0.2, 0.25) is 5.02 Å². The van der Waals surface area contributed by atoms with E-state index in [1.807, 2.05) is 0 Å². The lowest BCUT2D eigenvalue weighted by Gasteiger charge is -2.45. The number of nitrogens with one attached hydrogen (secondary N) is 1. The SMILES string of the molecule is CC1Oc2c(C(=O)NC3CN4CCC3CC4)cc(Cl)cc2N(Cc2cccc(C(F)(F)F)c2)C1=O.Cl. The van der Waals surface area contributed by atoms with Crippen molar-refractivity contribution in [2.75, 3.05) is 24.5 Å². The second-order valence-electron chi connectivity index (χ2n) is 9.40. The molecular formula is C25H26Cl2F3N3O3. The van der Waals surface area contributed by atoms with Crippen molar-refractivity contribution in [3.05, 3.63) is 58.1 Å². The van der Waals surface area contributed by atoms with E-state index < -0.39 is 23.8 Å². The van der Waals surface area contributed by atoms with Crippen LogP contribution in [0.5, 0.6) is 5.75 Å². The summed E-state index contributed by atoms with van der Waals surface area (Å²) in [4.78, 5) is 30.0. The summed E-state index contributed by atoms with van der Waals surface area (Å²) in [6.45, 7) is 4.29. The van der Waals surface area contributed by atoms with Gasteiger partial charge in [-0.05, 0) is 68.6 Å². The highest BCUT2D eigenvalue weighted by molar-refractivity contribution is 6.31. The molecule has 2 aromatic rings. The lowest BCUT2D eigenvalue weighted by molar-refractivity contribution is -0.137. The van der Waals surface area contributed by atoms with Crippen LogP contribution in [-0.4, -0.2) is 48.5 Å². The molecule has 194 valence electrons. The average molecular weight is 544 g/mol. The molecule has 2 unspecified atom stereocenters. The Balaban J connectivity index is 0.00000304. The minimum Gasteiger partial charge on any atom is -0.478 e. The fraction of sp³-hybridized carbons (Fsp3) is 0.440. The first-order chi connectivity index (χ1) is 16.6. The van der Waals surface area contributed by atoms with Crippen LogP contribution >= 0.6 is 24.0 Å². The lowest BCUT2D eigenvalue weighted by Crippen LogP contribution is -2.57. The van der Waals surface area contributed by atoms with Crippen molar-refractivity contribution in [3.63, 3.8) is 0 Å². The Morgan fingerprint density at radius 1 is 1.19 bits per heavy atom. The average Bonchev–Trinajstić information content (AvgIpc) is 2.82. The van der Waals surface area contributed by atoms with Crippen molar-refractivity contribution < 1.29 is 27.5 Å². The maximum Gasteiger partial charge on any atom is 0.416 e. The van der Waals surface area contributed by atoms with E-state index >= 15 is 0 Å². The molecule has 4 aliphatic heterocycles. The number of piperidine rings is 3. The second kappa shape index (κ2) is 10.1. The Bertz CT molecular complexity index is 1170. The Labute approximate surface area is 218 Å². The summed E-state index contributed by atoms with van der Waals surface area (Å²) in [5.41, 5.74) is -0.0337. The third kappa shape index (κ3) is 5.14. The van der Waals surface area contributed by atoms with Gasteiger partial charge in [0.1, 0.15) is 0 Å². The zero-order valence-corrected chi connectivity index (χ0v) is 21.1. The highest BCUT2D eigenvalue weighted by Crippen LogP contribution is 2.41. The normalized spacial score (nSPS) is 25.0. The van der Waals surface area contributed by atoms with E-state index in [1.165, 1.54) is 29.2 Å². The molecule has 0 radical (unpaired) electrons. The summed E-state index contributed by atoms with van der Waals surface area (Å²) in [6, 6.07) is 7.84. The number of carbonyl (C=O) groups excluding carboxylic acids is 2. The van der Waals surface area contributed by atoms with Gasteiger partial charge in [-0.15, -0.1) is 12.4 Å². The van der Waals surface area contributed by atoms with Crippen molar-refractivity contribution in [1.82, 2.24) is 10.2 Å². The molecule has 0 saturated carbocycles. The molecule has 2 amide bonds. The molecule has 6 nitrogen and oxygen atoms in total. The van der Waals surface area contributed by atoms with Gasteiger partial charge in [0, 0.05) is 17.6 Å². The minimum absolute atomic E-state index is 0. The van der Waals surface area contributed by atoms with Crippen LogP contribution in [0.1, 0.15) is 41.3 Å². The topological polar surface area (TPSA) is 61.9 Å². The maximum atomic E-state index is 13.3. The van der Waals surface area contributed by atoms with Crippen LogP contribution in [0.4, 0.5) is 18.9 Å². The van der Waals surface area contributed by atoms with Crippen LogP contribution in [0, 0.1) is 5.92 Å². The van der Waals surface area contributed by atoms with Gasteiger partial charge in [-0.1, -0.05) is 23.7 Å². The summed E-state index contributed by atoms with van der Waals surface area (Å²) < 4.78 is 45.5. The van der Waals surface area contributed by atoms with Crippen LogP contribution in [-0.2, 0) is 17.5 Å². The fourth-order valence-corrected chi connectivity index (χ4v) is 5.42. The predicted molar refractivity (Wildman–Crippen MR) is 132 cm³/mol. The number of hydrogen-bond acceptors (Lipinski definition) is 4. The van der Waals surface area contributed by atoms with Gasteiger partial charge in [-0.3, -0.25) is 9.59 Å². The van der Waals surface area contributed by atoms with Crippen molar-refractivity contribution in [1.29, 1.82) is 0 Å². The quantitative estimate of drug-likeness (QED) is 0.594. The molecule has 2 aromatic carbocycles. The first kappa shape index (κ1) is 26.6. The fourth-order valence-electron chi connectivity index (χ4n) is 5.20. The van der Waals surface area contributed by atoms with E-state index in [2.05, 4.69) is 10.2 Å². The van der Waals surface area contributed by atoms with Gasteiger partial charge in [0.25, 0.3) is 11.8 Å². The number of ether oxygens (including phenoxy) is 1. The third-order valence-corrected chi connectivity index (χ3v) is 7.26. The van der Waals surface area contributed by atoms with Gasteiger partial charge in [0.05, 0.1) is 23.4 Å². The Hall–Kier alpha value is -2.49. The molecule has 2 atom stereocenters. The number of anilines is 1. The number of alkyl halides is 3. The van der Waals surface area contributed by atoms with E-state index in [4.69, 9.17) is 16.3 Å². The van der Waals surface area contributed by atoms with E-state index in [1.54, 1.807) is 6.92 Å². The molecule has 2 bridgehead atoms. The number of nitrogens with zero attached hydrogens (tertiary/aromatic N) is 2. The summed E-state index contributed by atoms with van der Waals surface area (Å²) in [6.07, 6.45) is -3.35. The molecular weight excluding hydrogens is 518 g/mol. The lowest BCUT2D eigenvalue weighted by atomic mass is 9.84. The second-order valence-corrected chi connectivity index (χ2v) is 9.84. The first-order valence-corrected chi connectivity index (χ1v) is 12.0. The molecule has 3 saturated heterocycles. The largest absolute Gasteiger partial charge is 0.478 e. The number of fused-ring (bicyclic) bond motifs is 4. The van der Waals surface area contributed by atoms with Crippen molar-refractivity contribution >= 4 is 41.5 Å². The number of amides is 2. The molecule has 6 rings (SSSR count). The molecule has 0 aliphatic carbocycles. The summed E-state index contributed by atoms with van der Waals surface area (Å²) in [7, 11) is 0. The minimum atomic E-state index is -4.50. The number of carbonyl (C=O) groups is 2. The van der Waals surface area contributed by atoms with E-state index in [9.17, 15) is 22.8 Å². The Morgan fingerprint density at radius 2 is 1.92 bits per heavy atom. The highest BCUT2D eigenvalue weighted by atomic mass is 35.5. The monoisotopic (exact) mass is 543 g/mol. The van der Waals surface area contributed by atoms with Crippen molar-refractivity contribution in [2.45, 2.75) is 44.6 Å². The molecule has 1 N–H and O–H groups in total. The zero-order chi connectivity index (χ0) is 24.9. The van der Waals surface area contributed by atoms with Crippen molar-refractivity contribution in [2.24, 2.45) is 5.92 Å². The Kier molecular flexibility index (Phi) is 7.46. The van der Waals surface area contributed by atoms with Gasteiger partial charge < -0.3 is 19.9 Å². The molecule has 3 fully saturated rings. The van der Waals surface area contributed by atoms with Gasteiger partial charge in [-0.2, -0.15) is 13.2 Å². The molecule has 36 heavy (non-hydrogen) atoms. The van der Waals surface area contributed by atoms with Crippen LogP contribution in [0.25, 0.3) is 0 Å². The van der Waals surface area contributed by atoms with E-state index in [0.29, 0.717) is 11.5 Å². The number of hydrogen-bond donors (Lipinski definition) is 1. The maximum absolute atomic E-state index is 13.3. The van der Waals surface area contributed by atoms with Crippen molar-refractivity contribution in [3.8, 4) is 5.75 Å². The van der Waals surface area contributed by atoms with Crippen LogP contribution < -0.4 is 15.0 Å². The van der Waals surface area contributed by atoms with Crippen LogP contribution in [0.15, 0.2) is 36.4 Å².